The zero-order valence-electron chi connectivity index (χ0n) is 9.84. The fraction of sp³-hybridized carbons (Fsp3) is 0.692. The molecule has 1 fully saturated rings. The Hall–Kier alpha value is -0.470. The zero-order valence-corrected chi connectivity index (χ0v) is 10.6. The molecule has 2 rings (SSSR count). The fourth-order valence-electron chi connectivity index (χ4n) is 2.47. The van der Waals surface area contributed by atoms with E-state index in [4.69, 9.17) is 16.0 Å². The molecule has 1 aliphatic rings. The van der Waals surface area contributed by atoms with E-state index in [9.17, 15) is 0 Å². The first-order chi connectivity index (χ1) is 7.78. The molecule has 0 atom stereocenters. The van der Waals surface area contributed by atoms with Crippen LogP contribution in [0.2, 0.25) is 5.22 Å². The quantitative estimate of drug-likeness (QED) is 0.862. The monoisotopic (exact) mass is 241 g/mol. The molecule has 0 radical (unpaired) electrons. The molecule has 0 spiro atoms. The Kier molecular flexibility index (Phi) is 4.30. The molecule has 1 N–H and O–H groups in total. The van der Waals surface area contributed by atoms with Gasteiger partial charge in [0.2, 0.25) is 0 Å². The maximum absolute atomic E-state index is 5.73. The van der Waals surface area contributed by atoms with Gasteiger partial charge in [-0.1, -0.05) is 13.3 Å². The lowest BCUT2D eigenvalue weighted by molar-refractivity contribution is 0.280. The van der Waals surface area contributed by atoms with Crippen LogP contribution in [-0.4, -0.2) is 6.04 Å². The van der Waals surface area contributed by atoms with Crippen molar-refractivity contribution in [2.24, 2.45) is 5.92 Å². The predicted molar refractivity (Wildman–Crippen MR) is 66.6 cm³/mol. The van der Waals surface area contributed by atoms with Gasteiger partial charge >= 0.3 is 0 Å². The number of nitrogens with one attached hydrogen (secondary N) is 1. The van der Waals surface area contributed by atoms with Gasteiger partial charge in [-0.3, -0.25) is 0 Å². The van der Waals surface area contributed by atoms with Crippen LogP contribution in [-0.2, 0) is 6.54 Å². The third-order valence-corrected chi connectivity index (χ3v) is 3.82. The normalized spacial score (nSPS) is 25.9. The van der Waals surface area contributed by atoms with Crippen molar-refractivity contribution in [3.05, 3.63) is 23.1 Å². The smallest absolute Gasteiger partial charge is 0.193 e. The Morgan fingerprint density at radius 1 is 1.31 bits per heavy atom. The summed E-state index contributed by atoms with van der Waals surface area (Å²) < 4.78 is 5.32. The summed E-state index contributed by atoms with van der Waals surface area (Å²) in [6.45, 7) is 3.09. The lowest BCUT2D eigenvalue weighted by Gasteiger charge is -2.28. The lowest BCUT2D eigenvalue weighted by atomic mass is 9.84. The maximum atomic E-state index is 5.73. The minimum atomic E-state index is 0.478. The Morgan fingerprint density at radius 3 is 2.62 bits per heavy atom. The molecule has 0 aromatic carbocycles. The van der Waals surface area contributed by atoms with Crippen molar-refractivity contribution in [1.29, 1.82) is 0 Å². The van der Waals surface area contributed by atoms with E-state index in [1.807, 2.05) is 6.07 Å². The van der Waals surface area contributed by atoms with Gasteiger partial charge in [0.25, 0.3) is 0 Å². The van der Waals surface area contributed by atoms with Gasteiger partial charge in [0.1, 0.15) is 5.76 Å². The van der Waals surface area contributed by atoms with Crippen molar-refractivity contribution in [2.45, 2.75) is 51.6 Å². The second kappa shape index (κ2) is 5.74. The molecule has 1 aliphatic carbocycles. The molecule has 1 aromatic heterocycles. The molecule has 1 saturated carbocycles. The van der Waals surface area contributed by atoms with Gasteiger partial charge < -0.3 is 9.73 Å². The summed E-state index contributed by atoms with van der Waals surface area (Å²) >= 11 is 5.73. The lowest BCUT2D eigenvalue weighted by Crippen LogP contribution is -2.32. The summed E-state index contributed by atoms with van der Waals surface area (Å²) in [4.78, 5) is 0. The summed E-state index contributed by atoms with van der Waals surface area (Å²) in [5.74, 6) is 1.89. The highest BCUT2D eigenvalue weighted by molar-refractivity contribution is 6.28. The molecular weight excluding hydrogens is 222 g/mol. The number of hydrogen-bond acceptors (Lipinski definition) is 2. The highest BCUT2D eigenvalue weighted by Crippen LogP contribution is 2.26. The van der Waals surface area contributed by atoms with Crippen LogP contribution in [0.5, 0.6) is 0 Å². The van der Waals surface area contributed by atoms with E-state index < -0.39 is 0 Å². The first kappa shape index (κ1) is 12.0. The highest BCUT2D eigenvalue weighted by atomic mass is 35.5. The van der Waals surface area contributed by atoms with Crippen molar-refractivity contribution in [2.75, 3.05) is 0 Å². The van der Waals surface area contributed by atoms with Crippen LogP contribution >= 0.6 is 11.6 Å². The van der Waals surface area contributed by atoms with E-state index in [0.717, 1.165) is 18.2 Å². The second-order valence-electron chi connectivity index (χ2n) is 4.71. The third kappa shape index (κ3) is 3.26. The predicted octanol–water partition coefficient (Wildman–Crippen LogP) is 3.99. The number of rotatable bonds is 4. The first-order valence-corrected chi connectivity index (χ1v) is 6.63. The molecule has 2 nitrogen and oxygen atoms in total. The van der Waals surface area contributed by atoms with E-state index in [2.05, 4.69) is 12.2 Å². The molecule has 90 valence electrons. The number of halogens is 1. The van der Waals surface area contributed by atoms with Gasteiger partial charge in [-0.15, -0.1) is 0 Å². The molecule has 1 heterocycles. The van der Waals surface area contributed by atoms with E-state index >= 15 is 0 Å². The SMILES string of the molecule is CCC1CCC(NCc2ccc(Cl)o2)CC1. The van der Waals surface area contributed by atoms with Gasteiger partial charge in [-0.25, -0.2) is 0 Å². The molecule has 0 bridgehead atoms. The Balaban J connectivity index is 1.71. The maximum Gasteiger partial charge on any atom is 0.193 e. The van der Waals surface area contributed by atoms with Crippen LogP contribution in [0.25, 0.3) is 0 Å². The van der Waals surface area contributed by atoms with E-state index in [1.165, 1.54) is 32.1 Å². The van der Waals surface area contributed by atoms with Crippen molar-refractivity contribution in [3.8, 4) is 0 Å². The van der Waals surface area contributed by atoms with Crippen molar-refractivity contribution < 1.29 is 4.42 Å². The summed E-state index contributed by atoms with van der Waals surface area (Å²) in [7, 11) is 0. The highest BCUT2D eigenvalue weighted by Gasteiger charge is 2.19. The standard InChI is InChI=1S/C13H20ClNO/c1-2-10-3-5-11(6-4-10)15-9-12-7-8-13(14)16-12/h7-8,10-11,15H,2-6,9H2,1H3. The van der Waals surface area contributed by atoms with Crippen LogP contribution in [0.4, 0.5) is 0 Å². The van der Waals surface area contributed by atoms with E-state index in [1.54, 1.807) is 6.07 Å². The number of hydrogen-bond donors (Lipinski definition) is 1. The van der Waals surface area contributed by atoms with Crippen LogP contribution in [0, 0.1) is 5.92 Å². The average Bonchev–Trinajstić information content (AvgIpc) is 2.73. The van der Waals surface area contributed by atoms with Gasteiger partial charge in [0, 0.05) is 6.04 Å². The largest absolute Gasteiger partial charge is 0.448 e. The first-order valence-electron chi connectivity index (χ1n) is 6.25. The summed E-state index contributed by atoms with van der Waals surface area (Å²) in [6, 6.07) is 4.39. The van der Waals surface area contributed by atoms with Crippen LogP contribution in [0.3, 0.4) is 0 Å². The minimum Gasteiger partial charge on any atom is -0.448 e. The average molecular weight is 242 g/mol. The Labute approximate surface area is 102 Å². The fourth-order valence-corrected chi connectivity index (χ4v) is 2.63. The minimum absolute atomic E-state index is 0.478. The van der Waals surface area contributed by atoms with Crippen molar-refractivity contribution in [3.63, 3.8) is 0 Å². The molecular formula is C13H20ClNO. The second-order valence-corrected chi connectivity index (χ2v) is 5.09. The van der Waals surface area contributed by atoms with Crippen LogP contribution < -0.4 is 5.32 Å². The zero-order chi connectivity index (χ0) is 11.4. The van der Waals surface area contributed by atoms with Crippen LogP contribution in [0.15, 0.2) is 16.5 Å². The molecule has 0 unspecified atom stereocenters. The summed E-state index contributed by atoms with van der Waals surface area (Å²) in [5.41, 5.74) is 0. The topological polar surface area (TPSA) is 25.2 Å². The Bertz CT molecular complexity index is 315. The van der Waals surface area contributed by atoms with Gasteiger partial charge in [-0.05, 0) is 55.3 Å². The van der Waals surface area contributed by atoms with E-state index in [0.29, 0.717) is 11.3 Å². The summed E-state index contributed by atoms with van der Waals surface area (Å²) in [5, 5.41) is 4.02. The van der Waals surface area contributed by atoms with Crippen molar-refractivity contribution in [1.82, 2.24) is 5.32 Å². The molecule has 3 heteroatoms. The van der Waals surface area contributed by atoms with Crippen LogP contribution in [0.1, 0.15) is 44.8 Å². The van der Waals surface area contributed by atoms with Gasteiger partial charge in [0.05, 0.1) is 6.54 Å². The molecule has 0 aliphatic heterocycles. The van der Waals surface area contributed by atoms with Gasteiger partial charge in [-0.2, -0.15) is 0 Å². The third-order valence-electron chi connectivity index (χ3n) is 3.62. The van der Waals surface area contributed by atoms with E-state index in [-0.39, 0.29) is 0 Å². The Morgan fingerprint density at radius 2 is 2.06 bits per heavy atom. The number of furan rings is 1. The molecule has 1 aromatic rings. The molecule has 16 heavy (non-hydrogen) atoms. The van der Waals surface area contributed by atoms with Crippen molar-refractivity contribution >= 4 is 11.6 Å². The summed E-state index contributed by atoms with van der Waals surface area (Å²) in [6.07, 6.45) is 6.67. The molecule has 0 amide bonds. The van der Waals surface area contributed by atoms with Gasteiger partial charge in [0.15, 0.2) is 5.22 Å². The molecule has 0 saturated heterocycles.